The zero-order chi connectivity index (χ0) is 14.4. The Morgan fingerprint density at radius 1 is 1.15 bits per heavy atom. The van der Waals surface area contributed by atoms with Crippen molar-refractivity contribution in [3.05, 3.63) is 34.9 Å². The van der Waals surface area contributed by atoms with Crippen LogP contribution in [0.3, 0.4) is 0 Å². The Morgan fingerprint density at radius 3 is 2.75 bits per heavy atom. The lowest BCUT2D eigenvalue weighted by atomic mass is 10.0. The first kappa shape index (κ1) is 14.6. The van der Waals surface area contributed by atoms with Crippen LogP contribution in [0, 0.1) is 0 Å². The third kappa shape index (κ3) is 4.37. The van der Waals surface area contributed by atoms with Gasteiger partial charge in [-0.15, -0.1) is 0 Å². The van der Waals surface area contributed by atoms with E-state index in [1.165, 1.54) is 36.0 Å². The van der Waals surface area contributed by atoms with E-state index in [9.17, 15) is 9.59 Å². The van der Waals surface area contributed by atoms with Gasteiger partial charge in [-0.1, -0.05) is 18.2 Å². The summed E-state index contributed by atoms with van der Waals surface area (Å²) in [6, 6.07) is 6.64. The molecular formula is C16H21NO3. The van der Waals surface area contributed by atoms with E-state index in [4.69, 9.17) is 5.11 Å². The molecule has 4 nitrogen and oxygen atoms in total. The number of fused-ring (bicyclic) bond motifs is 1. The molecule has 0 radical (unpaired) electrons. The minimum atomic E-state index is -0.886. The van der Waals surface area contributed by atoms with Crippen LogP contribution in [0.4, 0.5) is 0 Å². The third-order valence-corrected chi connectivity index (χ3v) is 3.69. The summed E-state index contributed by atoms with van der Waals surface area (Å²) in [6.45, 7) is 0.215. The number of carbonyl (C=O) groups excluding carboxylic acids is 1. The van der Waals surface area contributed by atoms with Gasteiger partial charge < -0.3 is 10.4 Å². The molecule has 0 fully saturated rings. The van der Waals surface area contributed by atoms with E-state index in [-0.39, 0.29) is 18.9 Å². The van der Waals surface area contributed by atoms with Crippen molar-refractivity contribution < 1.29 is 14.7 Å². The van der Waals surface area contributed by atoms with Gasteiger partial charge in [0.1, 0.15) is 0 Å². The predicted molar refractivity (Wildman–Crippen MR) is 76.7 cm³/mol. The average Bonchev–Trinajstić information content (AvgIpc) is 2.85. The first-order chi connectivity index (χ1) is 9.65. The highest BCUT2D eigenvalue weighted by molar-refractivity contribution is 5.76. The van der Waals surface area contributed by atoms with Gasteiger partial charge in [0.25, 0.3) is 0 Å². The van der Waals surface area contributed by atoms with Gasteiger partial charge in [0.15, 0.2) is 0 Å². The quantitative estimate of drug-likeness (QED) is 0.800. The molecule has 0 aromatic heterocycles. The van der Waals surface area contributed by atoms with Crippen molar-refractivity contribution >= 4 is 11.9 Å². The van der Waals surface area contributed by atoms with E-state index in [0.717, 1.165) is 12.8 Å². The van der Waals surface area contributed by atoms with Gasteiger partial charge in [-0.25, -0.2) is 0 Å². The molecule has 0 saturated heterocycles. The second-order valence-electron chi connectivity index (χ2n) is 5.30. The molecule has 2 N–H and O–H groups in total. The number of aliphatic carboxylic acids is 1. The molecule has 1 amide bonds. The minimum absolute atomic E-state index is 0.0173. The summed E-state index contributed by atoms with van der Waals surface area (Å²) in [5.74, 6) is -0.948. The third-order valence-electron chi connectivity index (χ3n) is 3.69. The lowest BCUT2D eigenvalue weighted by molar-refractivity contribution is -0.136. The molecule has 0 aliphatic heterocycles. The molecule has 0 unspecified atom stereocenters. The molecule has 1 aromatic rings. The summed E-state index contributed by atoms with van der Waals surface area (Å²) >= 11 is 0. The highest BCUT2D eigenvalue weighted by Gasteiger charge is 2.10. The molecule has 0 heterocycles. The highest BCUT2D eigenvalue weighted by atomic mass is 16.4. The van der Waals surface area contributed by atoms with Gasteiger partial charge in [0.05, 0.1) is 6.42 Å². The molecule has 1 aliphatic rings. The van der Waals surface area contributed by atoms with Crippen LogP contribution in [-0.4, -0.2) is 23.5 Å². The van der Waals surface area contributed by atoms with Crippen molar-refractivity contribution in [1.29, 1.82) is 0 Å². The fourth-order valence-corrected chi connectivity index (χ4v) is 2.63. The SMILES string of the molecule is O=C(O)CCNC(=O)CCCc1ccc2c(c1)CCC2. The van der Waals surface area contributed by atoms with Crippen LogP contribution in [0.25, 0.3) is 0 Å². The molecule has 1 aliphatic carbocycles. The van der Waals surface area contributed by atoms with Crippen molar-refractivity contribution in [3.8, 4) is 0 Å². The largest absolute Gasteiger partial charge is 0.481 e. The topological polar surface area (TPSA) is 66.4 Å². The van der Waals surface area contributed by atoms with Crippen LogP contribution >= 0.6 is 0 Å². The Labute approximate surface area is 119 Å². The summed E-state index contributed by atoms with van der Waals surface area (Å²) in [5, 5.41) is 11.1. The number of nitrogens with one attached hydrogen (secondary N) is 1. The standard InChI is InChI=1S/C16H21NO3/c18-15(17-10-9-16(19)20)6-1-3-12-7-8-13-4-2-5-14(13)11-12/h7-8,11H,1-6,9-10H2,(H,17,18)(H,19,20). The van der Waals surface area contributed by atoms with E-state index in [2.05, 4.69) is 23.5 Å². The van der Waals surface area contributed by atoms with Crippen molar-refractivity contribution in [2.45, 2.75) is 44.9 Å². The van der Waals surface area contributed by atoms with Crippen molar-refractivity contribution in [2.24, 2.45) is 0 Å². The molecule has 0 spiro atoms. The lowest BCUT2D eigenvalue weighted by Crippen LogP contribution is -2.25. The molecule has 20 heavy (non-hydrogen) atoms. The first-order valence-corrected chi connectivity index (χ1v) is 7.24. The van der Waals surface area contributed by atoms with Crippen LogP contribution in [0.5, 0.6) is 0 Å². The molecule has 0 atom stereocenters. The van der Waals surface area contributed by atoms with E-state index in [1.54, 1.807) is 0 Å². The number of amides is 1. The summed E-state index contributed by atoms with van der Waals surface area (Å²) < 4.78 is 0. The van der Waals surface area contributed by atoms with Crippen molar-refractivity contribution in [3.63, 3.8) is 0 Å². The number of carboxylic acids is 1. The molecule has 0 saturated carbocycles. The Balaban J connectivity index is 1.68. The predicted octanol–water partition coefficient (Wildman–Crippen LogP) is 2.09. The van der Waals surface area contributed by atoms with Gasteiger partial charge in [-0.3, -0.25) is 9.59 Å². The molecule has 1 aromatic carbocycles. The Kier molecular flexibility index (Phi) is 5.16. The molecule has 108 valence electrons. The van der Waals surface area contributed by atoms with Gasteiger partial charge in [-0.05, 0) is 48.8 Å². The number of hydrogen-bond acceptors (Lipinski definition) is 2. The monoisotopic (exact) mass is 275 g/mol. The van der Waals surface area contributed by atoms with Crippen LogP contribution in [0.1, 0.15) is 42.4 Å². The number of carboxylic acid groups (broad SMARTS) is 1. The molecule has 2 rings (SSSR count). The van der Waals surface area contributed by atoms with E-state index < -0.39 is 5.97 Å². The van der Waals surface area contributed by atoms with Crippen molar-refractivity contribution in [1.82, 2.24) is 5.32 Å². The minimum Gasteiger partial charge on any atom is -0.481 e. The number of rotatable bonds is 7. The zero-order valence-electron chi connectivity index (χ0n) is 11.7. The van der Waals surface area contributed by atoms with Crippen LogP contribution in [-0.2, 0) is 28.9 Å². The average molecular weight is 275 g/mol. The molecule has 0 bridgehead atoms. The van der Waals surface area contributed by atoms with E-state index in [0.29, 0.717) is 6.42 Å². The van der Waals surface area contributed by atoms with Gasteiger partial charge >= 0.3 is 5.97 Å². The number of hydrogen-bond donors (Lipinski definition) is 2. The smallest absolute Gasteiger partial charge is 0.305 e. The second kappa shape index (κ2) is 7.08. The second-order valence-corrected chi connectivity index (χ2v) is 5.30. The summed E-state index contributed by atoms with van der Waals surface area (Å²) in [7, 11) is 0. The normalized spacial score (nSPS) is 13.0. The van der Waals surface area contributed by atoms with Crippen LogP contribution in [0.2, 0.25) is 0 Å². The van der Waals surface area contributed by atoms with Crippen molar-refractivity contribution in [2.75, 3.05) is 6.54 Å². The van der Waals surface area contributed by atoms with Gasteiger partial charge in [-0.2, -0.15) is 0 Å². The maximum atomic E-state index is 11.5. The number of benzene rings is 1. The fraction of sp³-hybridized carbons (Fsp3) is 0.500. The van der Waals surface area contributed by atoms with E-state index >= 15 is 0 Å². The highest BCUT2D eigenvalue weighted by Crippen LogP contribution is 2.23. The van der Waals surface area contributed by atoms with Gasteiger partial charge in [0, 0.05) is 13.0 Å². The number of carbonyl (C=O) groups is 2. The zero-order valence-corrected chi connectivity index (χ0v) is 11.7. The fourth-order valence-electron chi connectivity index (χ4n) is 2.63. The Bertz CT molecular complexity index is 496. The van der Waals surface area contributed by atoms with E-state index in [1.807, 2.05) is 0 Å². The summed E-state index contributed by atoms with van der Waals surface area (Å²) in [6.07, 6.45) is 5.77. The van der Waals surface area contributed by atoms with Gasteiger partial charge in [0.2, 0.25) is 5.91 Å². The summed E-state index contributed by atoms with van der Waals surface area (Å²) in [5.41, 5.74) is 4.23. The number of aryl methyl sites for hydroxylation is 3. The Morgan fingerprint density at radius 2 is 1.95 bits per heavy atom. The molecule has 4 heteroatoms. The first-order valence-electron chi connectivity index (χ1n) is 7.24. The maximum Gasteiger partial charge on any atom is 0.305 e. The van der Waals surface area contributed by atoms with Crippen LogP contribution in [0.15, 0.2) is 18.2 Å². The Hall–Kier alpha value is -1.84. The maximum absolute atomic E-state index is 11.5. The molecular weight excluding hydrogens is 254 g/mol. The lowest BCUT2D eigenvalue weighted by Gasteiger charge is -2.06. The summed E-state index contributed by atoms with van der Waals surface area (Å²) in [4.78, 5) is 21.8. The van der Waals surface area contributed by atoms with Crippen LogP contribution < -0.4 is 5.32 Å².